The SMILES string of the molecule is CCCCCCCCCCCCCCCCOc1ccc(C(=O)CN)cc1S(=O)(=O)O. The lowest BCUT2D eigenvalue weighted by Crippen LogP contribution is -2.14. The molecule has 0 radical (unpaired) electrons. The summed E-state index contributed by atoms with van der Waals surface area (Å²) >= 11 is 0. The van der Waals surface area contributed by atoms with Gasteiger partial charge in [-0.25, -0.2) is 0 Å². The highest BCUT2D eigenvalue weighted by Crippen LogP contribution is 2.25. The zero-order chi connectivity index (χ0) is 23.0. The van der Waals surface area contributed by atoms with Crippen molar-refractivity contribution >= 4 is 15.9 Å². The van der Waals surface area contributed by atoms with Gasteiger partial charge in [-0.15, -0.1) is 0 Å². The van der Waals surface area contributed by atoms with E-state index < -0.39 is 20.8 Å². The van der Waals surface area contributed by atoms with Crippen LogP contribution in [0.3, 0.4) is 0 Å². The van der Waals surface area contributed by atoms with Crippen LogP contribution < -0.4 is 10.5 Å². The van der Waals surface area contributed by atoms with Gasteiger partial charge < -0.3 is 10.5 Å². The first-order chi connectivity index (χ1) is 14.9. The van der Waals surface area contributed by atoms with E-state index in [0.717, 1.165) is 25.3 Å². The van der Waals surface area contributed by atoms with Gasteiger partial charge in [0.1, 0.15) is 10.6 Å². The van der Waals surface area contributed by atoms with E-state index in [-0.39, 0.29) is 17.9 Å². The highest BCUT2D eigenvalue weighted by molar-refractivity contribution is 7.86. The minimum Gasteiger partial charge on any atom is -0.492 e. The predicted octanol–water partition coefficient (Wildman–Crippen LogP) is 5.93. The van der Waals surface area contributed by atoms with Crippen LogP contribution in [0.2, 0.25) is 0 Å². The summed E-state index contributed by atoms with van der Waals surface area (Å²) in [6.45, 7) is 2.38. The summed E-state index contributed by atoms with van der Waals surface area (Å²) in [5.74, 6) is -0.339. The number of benzene rings is 1. The van der Waals surface area contributed by atoms with Gasteiger partial charge >= 0.3 is 0 Å². The molecule has 0 heterocycles. The third-order valence-corrected chi connectivity index (χ3v) is 6.36. The summed E-state index contributed by atoms with van der Waals surface area (Å²) in [6, 6.07) is 3.98. The van der Waals surface area contributed by atoms with E-state index in [1.54, 1.807) is 0 Å². The van der Waals surface area contributed by atoms with Crippen LogP contribution in [-0.4, -0.2) is 31.9 Å². The van der Waals surface area contributed by atoms with E-state index in [1.165, 1.54) is 82.8 Å². The molecule has 1 rings (SSSR count). The van der Waals surface area contributed by atoms with Crippen LogP contribution in [0, 0.1) is 0 Å². The Morgan fingerprint density at radius 1 is 0.871 bits per heavy atom. The van der Waals surface area contributed by atoms with Gasteiger partial charge in [0.05, 0.1) is 13.2 Å². The second kappa shape index (κ2) is 16.2. The van der Waals surface area contributed by atoms with Crippen LogP contribution >= 0.6 is 0 Å². The summed E-state index contributed by atoms with van der Waals surface area (Å²) in [5.41, 5.74) is 5.45. The lowest BCUT2D eigenvalue weighted by atomic mass is 10.0. The van der Waals surface area contributed by atoms with Crippen molar-refractivity contribution in [3.8, 4) is 5.75 Å². The van der Waals surface area contributed by atoms with Crippen LogP contribution in [0.4, 0.5) is 0 Å². The molecule has 0 aliphatic rings. The Morgan fingerprint density at radius 3 is 1.81 bits per heavy atom. The summed E-state index contributed by atoms with van der Waals surface area (Å²) in [6.07, 6.45) is 17.6. The van der Waals surface area contributed by atoms with Gasteiger partial charge in [0.2, 0.25) is 0 Å². The highest BCUT2D eigenvalue weighted by Gasteiger charge is 2.19. The Balaban J connectivity index is 2.16. The summed E-state index contributed by atoms with van der Waals surface area (Å²) < 4.78 is 38.2. The van der Waals surface area contributed by atoms with Gasteiger partial charge in [0.25, 0.3) is 10.1 Å². The molecule has 1 aromatic rings. The Bertz CT molecular complexity index is 733. The number of unbranched alkanes of at least 4 members (excludes halogenated alkanes) is 13. The molecule has 0 spiro atoms. The van der Waals surface area contributed by atoms with Crippen molar-refractivity contribution in [2.24, 2.45) is 5.73 Å². The average Bonchev–Trinajstić information content (AvgIpc) is 2.75. The van der Waals surface area contributed by atoms with Gasteiger partial charge in [-0.1, -0.05) is 90.4 Å². The minimum atomic E-state index is -4.49. The molecule has 0 bridgehead atoms. The molecule has 31 heavy (non-hydrogen) atoms. The molecule has 0 fully saturated rings. The van der Waals surface area contributed by atoms with E-state index in [9.17, 15) is 17.8 Å². The van der Waals surface area contributed by atoms with Crippen LogP contribution in [0.1, 0.15) is 107 Å². The molecule has 178 valence electrons. The fourth-order valence-corrected chi connectivity index (χ4v) is 4.26. The molecule has 0 saturated heterocycles. The molecule has 7 heteroatoms. The number of Topliss-reactive ketones (excluding diaryl/α,β-unsaturated/α-hetero) is 1. The standard InChI is InChI=1S/C24H41NO5S/c1-2-3-4-5-6-7-8-9-10-11-12-13-14-15-18-30-23-17-16-21(22(26)20-25)19-24(23)31(27,28)29/h16-17,19H,2-15,18,20,25H2,1H3,(H,27,28,29). The predicted molar refractivity (Wildman–Crippen MR) is 125 cm³/mol. The van der Waals surface area contributed by atoms with Gasteiger partial charge in [-0.3, -0.25) is 9.35 Å². The highest BCUT2D eigenvalue weighted by atomic mass is 32.2. The Kier molecular flexibility index (Phi) is 14.4. The first kappa shape index (κ1) is 27.6. The molecule has 0 saturated carbocycles. The third kappa shape index (κ3) is 12.2. The molecule has 0 aliphatic heterocycles. The van der Waals surface area contributed by atoms with E-state index in [0.29, 0.717) is 6.61 Å². The fourth-order valence-electron chi connectivity index (χ4n) is 3.60. The maximum Gasteiger partial charge on any atom is 0.298 e. The molecule has 1 aromatic carbocycles. The molecule has 3 N–H and O–H groups in total. The van der Waals surface area contributed by atoms with E-state index >= 15 is 0 Å². The van der Waals surface area contributed by atoms with Crippen molar-refractivity contribution in [3.05, 3.63) is 23.8 Å². The Labute approximate surface area is 188 Å². The van der Waals surface area contributed by atoms with Gasteiger partial charge in [0.15, 0.2) is 5.78 Å². The lowest BCUT2D eigenvalue weighted by molar-refractivity contribution is 0.100. The van der Waals surface area contributed by atoms with Crippen molar-refractivity contribution < 1.29 is 22.5 Å². The van der Waals surface area contributed by atoms with Crippen molar-refractivity contribution in [3.63, 3.8) is 0 Å². The summed E-state index contributed by atoms with van der Waals surface area (Å²) in [4.78, 5) is 11.3. The van der Waals surface area contributed by atoms with Gasteiger partial charge in [-0.05, 0) is 24.6 Å². The number of carbonyl (C=O) groups excluding carboxylic acids is 1. The van der Waals surface area contributed by atoms with E-state index in [1.807, 2.05) is 0 Å². The third-order valence-electron chi connectivity index (χ3n) is 5.48. The van der Waals surface area contributed by atoms with Crippen LogP contribution in [0.15, 0.2) is 23.1 Å². The average molecular weight is 456 g/mol. The van der Waals surface area contributed by atoms with Crippen molar-refractivity contribution in [2.45, 2.75) is 102 Å². The largest absolute Gasteiger partial charge is 0.492 e. The Hall–Kier alpha value is -1.44. The number of hydrogen-bond donors (Lipinski definition) is 2. The molecule has 0 amide bonds. The molecule has 6 nitrogen and oxygen atoms in total. The zero-order valence-electron chi connectivity index (χ0n) is 19.1. The topological polar surface area (TPSA) is 107 Å². The number of rotatable bonds is 19. The minimum absolute atomic E-state index is 0.0609. The molecular weight excluding hydrogens is 414 g/mol. The quantitative estimate of drug-likeness (QED) is 0.152. The van der Waals surface area contributed by atoms with Crippen LogP contribution in [-0.2, 0) is 10.1 Å². The number of ether oxygens (including phenoxy) is 1. The smallest absolute Gasteiger partial charge is 0.298 e. The number of carbonyl (C=O) groups is 1. The molecular formula is C24H41NO5S. The maximum absolute atomic E-state index is 11.7. The number of nitrogens with two attached hydrogens (primary N) is 1. The van der Waals surface area contributed by atoms with Gasteiger partial charge in [-0.2, -0.15) is 8.42 Å². The lowest BCUT2D eigenvalue weighted by Gasteiger charge is -2.11. The second-order valence-corrected chi connectivity index (χ2v) is 9.60. The number of hydrogen-bond acceptors (Lipinski definition) is 5. The molecule has 0 atom stereocenters. The van der Waals surface area contributed by atoms with Crippen molar-refractivity contribution in [1.82, 2.24) is 0 Å². The normalized spacial score (nSPS) is 11.6. The van der Waals surface area contributed by atoms with Crippen LogP contribution in [0.5, 0.6) is 5.75 Å². The van der Waals surface area contributed by atoms with Gasteiger partial charge in [0, 0.05) is 5.56 Å². The summed E-state index contributed by atoms with van der Waals surface area (Å²) in [5, 5.41) is 0. The monoisotopic (exact) mass is 455 g/mol. The molecule has 0 unspecified atom stereocenters. The first-order valence-electron chi connectivity index (χ1n) is 11.9. The second-order valence-electron chi connectivity index (χ2n) is 8.21. The first-order valence-corrected chi connectivity index (χ1v) is 13.3. The summed E-state index contributed by atoms with van der Waals surface area (Å²) in [7, 11) is -4.49. The zero-order valence-corrected chi connectivity index (χ0v) is 19.9. The van der Waals surface area contributed by atoms with Crippen molar-refractivity contribution in [2.75, 3.05) is 13.2 Å². The number of ketones is 1. The molecule has 0 aromatic heterocycles. The Morgan fingerprint density at radius 2 is 1.35 bits per heavy atom. The molecule has 0 aliphatic carbocycles. The van der Waals surface area contributed by atoms with Crippen LogP contribution in [0.25, 0.3) is 0 Å². The van der Waals surface area contributed by atoms with E-state index in [2.05, 4.69) is 6.92 Å². The fraction of sp³-hybridized carbons (Fsp3) is 0.708. The maximum atomic E-state index is 11.7. The van der Waals surface area contributed by atoms with Crippen molar-refractivity contribution in [1.29, 1.82) is 0 Å². The van der Waals surface area contributed by atoms with E-state index in [4.69, 9.17) is 10.5 Å².